The number of rotatable bonds is 2. The van der Waals surface area contributed by atoms with Crippen molar-refractivity contribution in [3.63, 3.8) is 0 Å². The van der Waals surface area contributed by atoms with Crippen molar-refractivity contribution in [2.45, 2.75) is 37.5 Å². The highest BCUT2D eigenvalue weighted by Crippen LogP contribution is 2.69. The molecule has 3 nitrogen and oxygen atoms in total. The van der Waals surface area contributed by atoms with E-state index in [0.717, 1.165) is 45.7 Å². The van der Waals surface area contributed by atoms with Crippen LogP contribution < -0.4 is 5.56 Å². The average molecular weight is 477 g/mol. The molecule has 0 saturated carbocycles. The van der Waals surface area contributed by atoms with Gasteiger partial charge < -0.3 is 0 Å². The van der Waals surface area contributed by atoms with Crippen LogP contribution >= 0.6 is 0 Å². The molecule has 37 heavy (non-hydrogen) atoms. The zero-order valence-corrected chi connectivity index (χ0v) is 20.8. The van der Waals surface area contributed by atoms with Gasteiger partial charge in [-0.05, 0) is 69.5 Å². The minimum Gasteiger partial charge on any atom is -0.268 e. The topological polar surface area (TPSA) is 34.4 Å². The van der Waals surface area contributed by atoms with Gasteiger partial charge in [0.1, 0.15) is 5.65 Å². The molecule has 2 atom stereocenters. The molecule has 0 fully saturated rings. The molecule has 2 aliphatic rings. The number of hydrogen-bond acceptors (Lipinski definition) is 2. The summed E-state index contributed by atoms with van der Waals surface area (Å²) in [5.41, 5.74) is 7.81. The number of aromatic nitrogens is 2. The Kier molecular flexibility index (Phi) is 3.32. The minimum atomic E-state index is -0.162. The number of fused-ring (bicyclic) bond motifs is 9. The summed E-state index contributed by atoms with van der Waals surface area (Å²) in [6, 6.07) is 30.6. The van der Waals surface area contributed by atoms with Gasteiger partial charge in [-0.2, -0.15) is 0 Å². The van der Waals surface area contributed by atoms with E-state index in [9.17, 15) is 4.79 Å². The molecule has 2 aliphatic carbocycles. The Balaban J connectivity index is 1.55. The van der Waals surface area contributed by atoms with Gasteiger partial charge in [-0.25, -0.2) is 4.98 Å². The Labute approximate surface area is 213 Å². The van der Waals surface area contributed by atoms with Gasteiger partial charge in [0, 0.05) is 27.0 Å². The molecule has 5 aromatic carbocycles. The molecule has 0 saturated heterocycles. The van der Waals surface area contributed by atoms with Crippen LogP contribution in [0.15, 0.2) is 89.7 Å². The zero-order chi connectivity index (χ0) is 24.7. The lowest BCUT2D eigenvalue weighted by molar-refractivity contribution is 0.320. The second-order valence-corrected chi connectivity index (χ2v) is 10.9. The number of imidazole rings is 1. The molecule has 0 spiro atoms. The highest BCUT2D eigenvalue weighted by atomic mass is 16.1. The second kappa shape index (κ2) is 6.18. The van der Waals surface area contributed by atoms with Crippen LogP contribution in [0.5, 0.6) is 0 Å². The molecule has 9 rings (SSSR count). The average Bonchev–Trinajstić information content (AvgIpc) is 3.54. The third-order valence-corrected chi connectivity index (χ3v) is 9.93. The summed E-state index contributed by atoms with van der Waals surface area (Å²) in [7, 11) is 0. The van der Waals surface area contributed by atoms with Crippen molar-refractivity contribution in [2.24, 2.45) is 0 Å². The first-order chi connectivity index (χ1) is 18.2. The van der Waals surface area contributed by atoms with Crippen LogP contribution in [-0.2, 0) is 10.8 Å². The Bertz CT molecular complexity index is 2150. The van der Waals surface area contributed by atoms with Crippen LogP contribution in [-0.4, -0.2) is 9.38 Å². The Hall–Kier alpha value is -4.24. The predicted octanol–water partition coefficient (Wildman–Crippen LogP) is 7.46. The summed E-state index contributed by atoms with van der Waals surface area (Å²) in [4.78, 5) is 19.0. The van der Waals surface area contributed by atoms with E-state index < -0.39 is 0 Å². The SMILES string of the molecule is CCC12c3cccc4cccc(c34)C1(CC)c1ccc3c4c1c2ccc4c(=O)n1c2ccccc2nc31. The van der Waals surface area contributed by atoms with E-state index in [4.69, 9.17) is 4.98 Å². The van der Waals surface area contributed by atoms with E-state index in [-0.39, 0.29) is 16.4 Å². The summed E-state index contributed by atoms with van der Waals surface area (Å²) >= 11 is 0. The van der Waals surface area contributed by atoms with Crippen molar-refractivity contribution < 1.29 is 0 Å². The Morgan fingerprint density at radius 2 is 1.27 bits per heavy atom. The second-order valence-electron chi connectivity index (χ2n) is 10.9. The number of para-hydroxylation sites is 2. The van der Waals surface area contributed by atoms with Crippen LogP contribution in [0.1, 0.15) is 48.9 Å². The van der Waals surface area contributed by atoms with Crippen molar-refractivity contribution in [1.29, 1.82) is 0 Å². The highest BCUT2D eigenvalue weighted by molar-refractivity contribution is 6.20. The maximum absolute atomic E-state index is 14.0. The number of pyridine rings is 1. The molecule has 0 amide bonds. The molecule has 0 N–H and O–H groups in total. The summed E-state index contributed by atoms with van der Waals surface area (Å²) < 4.78 is 1.81. The van der Waals surface area contributed by atoms with Crippen LogP contribution in [0.3, 0.4) is 0 Å². The summed E-state index contributed by atoms with van der Waals surface area (Å²) in [6.45, 7) is 4.69. The summed E-state index contributed by atoms with van der Waals surface area (Å²) in [5.74, 6) is 0. The molecule has 0 bridgehead atoms. The molecular formula is C34H24N2O. The smallest absolute Gasteiger partial charge is 0.264 e. The van der Waals surface area contributed by atoms with Gasteiger partial charge in [0.05, 0.1) is 11.0 Å². The predicted molar refractivity (Wildman–Crippen MR) is 151 cm³/mol. The monoisotopic (exact) mass is 476 g/mol. The van der Waals surface area contributed by atoms with E-state index >= 15 is 0 Å². The molecule has 176 valence electrons. The third-order valence-electron chi connectivity index (χ3n) is 9.93. The van der Waals surface area contributed by atoms with Crippen LogP contribution in [0.2, 0.25) is 0 Å². The maximum atomic E-state index is 14.0. The van der Waals surface area contributed by atoms with E-state index in [1.165, 1.54) is 38.4 Å². The van der Waals surface area contributed by atoms with Crippen molar-refractivity contribution in [3.8, 4) is 0 Å². The van der Waals surface area contributed by atoms with Gasteiger partial charge >= 0.3 is 0 Å². The van der Waals surface area contributed by atoms with Crippen LogP contribution in [0.25, 0.3) is 49.0 Å². The quantitative estimate of drug-likeness (QED) is 0.259. The van der Waals surface area contributed by atoms with Crippen molar-refractivity contribution in [1.82, 2.24) is 9.38 Å². The first-order valence-corrected chi connectivity index (χ1v) is 13.3. The van der Waals surface area contributed by atoms with Gasteiger partial charge in [-0.3, -0.25) is 9.20 Å². The van der Waals surface area contributed by atoms with Gasteiger partial charge in [0.25, 0.3) is 5.56 Å². The van der Waals surface area contributed by atoms with E-state index in [2.05, 4.69) is 74.5 Å². The lowest BCUT2D eigenvalue weighted by atomic mass is 9.58. The largest absolute Gasteiger partial charge is 0.268 e. The van der Waals surface area contributed by atoms with Gasteiger partial charge in [-0.15, -0.1) is 0 Å². The van der Waals surface area contributed by atoms with Crippen LogP contribution in [0, 0.1) is 0 Å². The van der Waals surface area contributed by atoms with Gasteiger partial charge in [0.15, 0.2) is 0 Å². The summed E-state index contributed by atoms with van der Waals surface area (Å²) in [6.07, 6.45) is 2.00. The number of benzene rings is 5. The van der Waals surface area contributed by atoms with Crippen molar-refractivity contribution in [3.05, 3.63) is 118 Å². The molecule has 0 aliphatic heterocycles. The fraction of sp³-hybridized carbons (Fsp3) is 0.176. The molecule has 3 heteroatoms. The van der Waals surface area contributed by atoms with Crippen molar-refractivity contribution in [2.75, 3.05) is 0 Å². The number of hydrogen-bond donors (Lipinski definition) is 0. The molecule has 2 aromatic heterocycles. The molecular weight excluding hydrogens is 452 g/mol. The standard InChI is InChI=1S/C34H24N2O/c1-3-33-22-11-7-9-19-10-8-12-23(28(19)22)34(33,4-2)25-18-16-21-29-20(15-17-24(33)30(25)29)31-35-26-13-5-6-14-27(26)36(31)32(21)37/h5-18H,3-4H2,1-2H3. The molecule has 2 unspecified atom stereocenters. The van der Waals surface area contributed by atoms with Crippen LogP contribution in [0.4, 0.5) is 0 Å². The highest BCUT2D eigenvalue weighted by Gasteiger charge is 2.63. The zero-order valence-electron chi connectivity index (χ0n) is 20.8. The van der Waals surface area contributed by atoms with Gasteiger partial charge in [0.2, 0.25) is 0 Å². The first kappa shape index (κ1) is 19.9. The first-order valence-electron chi connectivity index (χ1n) is 13.3. The van der Waals surface area contributed by atoms with Gasteiger partial charge in [-0.1, -0.05) is 80.6 Å². The summed E-state index contributed by atoms with van der Waals surface area (Å²) in [5, 5.41) is 6.96. The lowest BCUT2D eigenvalue weighted by Crippen LogP contribution is -2.43. The fourth-order valence-corrected chi connectivity index (χ4v) is 8.73. The van der Waals surface area contributed by atoms with Crippen molar-refractivity contribution >= 4 is 49.0 Å². The number of nitrogens with zero attached hydrogens (tertiary/aromatic N) is 2. The van der Waals surface area contributed by atoms with E-state index in [1.807, 2.05) is 28.7 Å². The molecule has 0 radical (unpaired) electrons. The maximum Gasteiger partial charge on any atom is 0.264 e. The van der Waals surface area contributed by atoms with E-state index in [0.29, 0.717) is 0 Å². The normalized spacial score (nSPS) is 21.8. The lowest BCUT2D eigenvalue weighted by Gasteiger charge is -2.43. The molecule has 7 aromatic rings. The fourth-order valence-electron chi connectivity index (χ4n) is 8.73. The van der Waals surface area contributed by atoms with E-state index in [1.54, 1.807) is 0 Å². The minimum absolute atomic E-state index is 0.0237. The third kappa shape index (κ3) is 1.84. The molecule has 2 heterocycles. The Morgan fingerprint density at radius 1 is 0.649 bits per heavy atom. The Morgan fingerprint density at radius 3 is 1.95 bits per heavy atom.